The Kier molecular flexibility index (Phi) is 4.97. The fourth-order valence-corrected chi connectivity index (χ4v) is 4.80. The van der Waals surface area contributed by atoms with Crippen molar-refractivity contribution in [2.24, 2.45) is 0 Å². The van der Waals surface area contributed by atoms with Crippen LogP contribution in [0.25, 0.3) is 10.9 Å². The SMILES string of the molecule is COC(=O)Cn1c(C)c(CN2C[C@H]3C[C@@H](O)CN3C[C@@H]2C)c2ccccc21. The van der Waals surface area contributed by atoms with Gasteiger partial charge in [0.2, 0.25) is 0 Å². The number of carbonyl (C=O) groups is 1. The Labute approximate surface area is 160 Å². The second-order valence-electron chi connectivity index (χ2n) is 8.02. The van der Waals surface area contributed by atoms with Gasteiger partial charge in [-0.25, -0.2) is 0 Å². The summed E-state index contributed by atoms with van der Waals surface area (Å²) in [5.41, 5.74) is 3.49. The molecule has 3 heterocycles. The van der Waals surface area contributed by atoms with Crippen molar-refractivity contribution in [3.8, 4) is 0 Å². The second kappa shape index (κ2) is 7.26. The first-order valence-electron chi connectivity index (χ1n) is 9.77. The lowest BCUT2D eigenvalue weighted by Crippen LogP contribution is -2.54. The summed E-state index contributed by atoms with van der Waals surface area (Å²) in [7, 11) is 1.43. The molecule has 2 saturated heterocycles. The quantitative estimate of drug-likeness (QED) is 0.830. The van der Waals surface area contributed by atoms with Gasteiger partial charge in [0, 0.05) is 54.9 Å². The Bertz CT molecular complexity index is 847. The Hall–Kier alpha value is -1.89. The number of hydrogen-bond donors (Lipinski definition) is 1. The molecule has 2 fully saturated rings. The summed E-state index contributed by atoms with van der Waals surface area (Å²) in [4.78, 5) is 16.9. The molecule has 6 heteroatoms. The third kappa shape index (κ3) is 3.37. The van der Waals surface area contributed by atoms with E-state index in [2.05, 4.69) is 46.4 Å². The number of fused-ring (bicyclic) bond motifs is 2. The number of piperazine rings is 1. The maximum Gasteiger partial charge on any atom is 0.325 e. The van der Waals surface area contributed by atoms with E-state index in [1.165, 1.54) is 18.1 Å². The average molecular weight is 371 g/mol. The monoisotopic (exact) mass is 371 g/mol. The van der Waals surface area contributed by atoms with Crippen molar-refractivity contribution >= 4 is 16.9 Å². The average Bonchev–Trinajstić information content (AvgIpc) is 3.13. The lowest BCUT2D eigenvalue weighted by Gasteiger charge is -2.42. The van der Waals surface area contributed by atoms with Gasteiger partial charge in [-0.05, 0) is 31.9 Å². The van der Waals surface area contributed by atoms with Crippen LogP contribution in [-0.4, -0.2) is 70.4 Å². The molecule has 1 aromatic carbocycles. The molecule has 3 atom stereocenters. The van der Waals surface area contributed by atoms with Gasteiger partial charge in [0.05, 0.1) is 13.2 Å². The van der Waals surface area contributed by atoms with Crippen molar-refractivity contribution < 1.29 is 14.6 Å². The normalized spacial score (nSPS) is 26.4. The number of hydrogen-bond acceptors (Lipinski definition) is 5. The Morgan fingerprint density at radius 1 is 1.26 bits per heavy atom. The van der Waals surface area contributed by atoms with Crippen LogP contribution >= 0.6 is 0 Å². The number of aromatic nitrogens is 1. The smallest absolute Gasteiger partial charge is 0.325 e. The fraction of sp³-hybridized carbons (Fsp3) is 0.571. The lowest BCUT2D eigenvalue weighted by atomic mass is 10.0. The summed E-state index contributed by atoms with van der Waals surface area (Å²) in [6.45, 7) is 8.25. The molecule has 0 radical (unpaired) electrons. The number of para-hydroxylation sites is 1. The number of methoxy groups -OCH3 is 1. The van der Waals surface area contributed by atoms with E-state index in [0.717, 1.165) is 43.8 Å². The van der Waals surface area contributed by atoms with Gasteiger partial charge in [0.15, 0.2) is 0 Å². The van der Waals surface area contributed by atoms with Crippen LogP contribution in [-0.2, 0) is 22.6 Å². The molecule has 0 aliphatic carbocycles. The molecule has 0 saturated carbocycles. The van der Waals surface area contributed by atoms with Gasteiger partial charge in [-0.2, -0.15) is 0 Å². The number of nitrogens with zero attached hydrogens (tertiary/aromatic N) is 3. The zero-order chi connectivity index (χ0) is 19.1. The highest BCUT2D eigenvalue weighted by atomic mass is 16.5. The predicted octanol–water partition coefficient (Wildman–Crippen LogP) is 1.76. The summed E-state index contributed by atoms with van der Waals surface area (Å²) < 4.78 is 6.96. The van der Waals surface area contributed by atoms with Crippen LogP contribution in [0, 0.1) is 6.92 Å². The number of rotatable bonds is 4. The molecule has 1 aromatic heterocycles. The first kappa shape index (κ1) is 18.5. The molecule has 0 spiro atoms. The van der Waals surface area contributed by atoms with Crippen LogP contribution in [0.2, 0.25) is 0 Å². The Morgan fingerprint density at radius 2 is 2.04 bits per heavy atom. The highest BCUT2D eigenvalue weighted by Gasteiger charge is 2.38. The van der Waals surface area contributed by atoms with Gasteiger partial charge in [0.1, 0.15) is 6.54 Å². The molecule has 146 valence electrons. The molecule has 2 aromatic rings. The van der Waals surface area contributed by atoms with Crippen LogP contribution in [0.3, 0.4) is 0 Å². The van der Waals surface area contributed by atoms with E-state index < -0.39 is 0 Å². The molecule has 1 N–H and O–H groups in total. The molecule has 6 nitrogen and oxygen atoms in total. The Balaban J connectivity index is 1.64. The molecule has 0 bridgehead atoms. The van der Waals surface area contributed by atoms with Crippen molar-refractivity contribution in [2.45, 2.75) is 51.5 Å². The number of esters is 1. The van der Waals surface area contributed by atoms with Crippen molar-refractivity contribution in [3.63, 3.8) is 0 Å². The number of aliphatic hydroxyl groups excluding tert-OH is 1. The first-order chi connectivity index (χ1) is 13.0. The summed E-state index contributed by atoms with van der Waals surface area (Å²) in [5, 5.41) is 11.2. The van der Waals surface area contributed by atoms with E-state index in [4.69, 9.17) is 4.74 Å². The van der Waals surface area contributed by atoms with E-state index >= 15 is 0 Å². The largest absolute Gasteiger partial charge is 0.468 e. The maximum atomic E-state index is 11.9. The van der Waals surface area contributed by atoms with Crippen molar-refractivity contribution in [1.29, 1.82) is 0 Å². The summed E-state index contributed by atoms with van der Waals surface area (Å²) in [6.07, 6.45) is 0.678. The summed E-state index contributed by atoms with van der Waals surface area (Å²) in [6, 6.07) is 9.17. The third-order valence-electron chi connectivity index (χ3n) is 6.31. The summed E-state index contributed by atoms with van der Waals surface area (Å²) >= 11 is 0. The zero-order valence-electron chi connectivity index (χ0n) is 16.4. The van der Waals surface area contributed by atoms with Gasteiger partial charge in [-0.1, -0.05) is 18.2 Å². The summed E-state index contributed by atoms with van der Waals surface area (Å²) in [5.74, 6) is -0.229. The molecule has 27 heavy (non-hydrogen) atoms. The molecule has 4 rings (SSSR count). The van der Waals surface area contributed by atoms with Gasteiger partial charge >= 0.3 is 5.97 Å². The van der Waals surface area contributed by atoms with E-state index in [-0.39, 0.29) is 18.6 Å². The molecule has 2 aliphatic heterocycles. The molecule has 0 amide bonds. The first-order valence-corrected chi connectivity index (χ1v) is 9.77. The maximum absolute atomic E-state index is 11.9. The molecule has 2 aliphatic rings. The van der Waals surface area contributed by atoms with Crippen LogP contribution in [0.1, 0.15) is 24.6 Å². The minimum absolute atomic E-state index is 0.189. The third-order valence-corrected chi connectivity index (χ3v) is 6.31. The van der Waals surface area contributed by atoms with Crippen LogP contribution in [0.15, 0.2) is 24.3 Å². The van der Waals surface area contributed by atoms with Crippen LogP contribution in [0.4, 0.5) is 0 Å². The fourth-order valence-electron chi connectivity index (χ4n) is 4.80. The Morgan fingerprint density at radius 3 is 2.81 bits per heavy atom. The number of aliphatic hydroxyl groups is 1. The molecular weight excluding hydrogens is 342 g/mol. The minimum atomic E-state index is -0.229. The van der Waals surface area contributed by atoms with Gasteiger partial charge < -0.3 is 14.4 Å². The highest BCUT2D eigenvalue weighted by molar-refractivity contribution is 5.87. The van der Waals surface area contributed by atoms with E-state index in [9.17, 15) is 9.90 Å². The van der Waals surface area contributed by atoms with Gasteiger partial charge in [0.25, 0.3) is 0 Å². The lowest BCUT2D eigenvalue weighted by molar-refractivity contribution is -0.141. The number of carbonyl (C=O) groups excluding carboxylic acids is 1. The molecule has 0 unspecified atom stereocenters. The number of ether oxygens (including phenoxy) is 1. The topological polar surface area (TPSA) is 57.9 Å². The highest BCUT2D eigenvalue weighted by Crippen LogP contribution is 2.31. The van der Waals surface area contributed by atoms with E-state index in [1.54, 1.807) is 0 Å². The van der Waals surface area contributed by atoms with Gasteiger partial charge in [-0.15, -0.1) is 0 Å². The van der Waals surface area contributed by atoms with Crippen molar-refractivity contribution in [1.82, 2.24) is 14.4 Å². The predicted molar refractivity (Wildman–Crippen MR) is 105 cm³/mol. The van der Waals surface area contributed by atoms with Crippen molar-refractivity contribution in [3.05, 3.63) is 35.5 Å². The zero-order valence-corrected chi connectivity index (χ0v) is 16.4. The van der Waals surface area contributed by atoms with Crippen LogP contribution in [0.5, 0.6) is 0 Å². The van der Waals surface area contributed by atoms with Crippen LogP contribution < -0.4 is 0 Å². The second-order valence-corrected chi connectivity index (χ2v) is 8.02. The van der Waals surface area contributed by atoms with E-state index in [1.807, 2.05) is 6.07 Å². The van der Waals surface area contributed by atoms with Crippen molar-refractivity contribution in [2.75, 3.05) is 26.7 Å². The number of benzene rings is 1. The molecular formula is C21H29N3O3. The standard InChI is InChI=1S/C21H29N3O3/c1-14-9-23-11-17(25)8-16(23)10-22(14)12-19-15(2)24(13-21(26)27-3)20-7-5-4-6-18(19)20/h4-7,14,16-17,25H,8-13H2,1-3H3/t14-,16+,17+/m0/s1. The van der Waals surface area contributed by atoms with Gasteiger partial charge in [-0.3, -0.25) is 14.6 Å². The van der Waals surface area contributed by atoms with E-state index in [0.29, 0.717) is 12.1 Å². The minimum Gasteiger partial charge on any atom is -0.468 e.